The maximum Gasteiger partial charge on any atom is 0.269 e. The Hall–Kier alpha value is -2.44. The average Bonchev–Trinajstić information content (AvgIpc) is 3.22. The normalized spacial score (nSPS) is 25.6. The van der Waals surface area contributed by atoms with Crippen LogP contribution < -0.4 is 5.32 Å². The number of pyridine rings is 1. The van der Waals surface area contributed by atoms with Gasteiger partial charge < -0.3 is 15.1 Å². The van der Waals surface area contributed by atoms with E-state index < -0.39 is 0 Å². The predicted octanol–water partition coefficient (Wildman–Crippen LogP) is 0.321. The molecule has 2 amide bonds. The largest absolute Gasteiger partial charge is 0.389 e. The Morgan fingerprint density at radius 1 is 1.35 bits per heavy atom. The summed E-state index contributed by atoms with van der Waals surface area (Å²) in [6, 6.07) is 3.72. The molecule has 3 heterocycles. The van der Waals surface area contributed by atoms with Crippen molar-refractivity contribution in [3.8, 4) is 0 Å². The van der Waals surface area contributed by atoms with E-state index in [0.717, 1.165) is 18.4 Å². The second-order valence-corrected chi connectivity index (χ2v) is 6.29. The zero-order valence-electron chi connectivity index (χ0n) is 12.6. The minimum absolute atomic E-state index is 0.119. The third kappa shape index (κ3) is 2.78. The number of fused-ring (bicyclic) bond motifs is 1. The molecule has 2 fully saturated rings. The summed E-state index contributed by atoms with van der Waals surface area (Å²) in [5.74, 6) is 0.0282. The van der Waals surface area contributed by atoms with Crippen molar-refractivity contribution in [2.75, 3.05) is 13.1 Å². The van der Waals surface area contributed by atoms with Gasteiger partial charge in [-0.05, 0) is 24.5 Å². The van der Waals surface area contributed by atoms with E-state index in [9.17, 15) is 9.59 Å². The summed E-state index contributed by atoms with van der Waals surface area (Å²) in [5, 5.41) is 6.78. The van der Waals surface area contributed by atoms with Gasteiger partial charge in [-0.25, -0.2) is 0 Å². The highest BCUT2D eigenvalue weighted by atomic mass is 16.6. The van der Waals surface area contributed by atoms with Crippen molar-refractivity contribution in [2.45, 2.75) is 25.5 Å². The molecule has 1 aromatic rings. The van der Waals surface area contributed by atoms with Crippen molar-refractivity contribution in [2.24, 2.45) is 17.0 Å². The van der Waals surface area contributed by atoms with Gasteiger partial charge in [0.15, 0.2) is 11.8 Å². The van der Waals surface area contributed by atoms with Gasteiger partial charge in [0, 0.05) is 31.4 Å². The van der Waals surface area contributed by atoms with Crippen LogP contribution in [-0.2, 0) is 21.0 Å². The number of oxime groups is 1. The second-order valence-electron chi connectivity index (χ2n) is 6.29. The van der Waals surface area contributed by atoms with Gasteiger partial charge in [0.2, 0.25) is 5.91 Å². The van der Waals surface area contributed by atoms with Crippen molar-refractivity contribution in [1.82, 2.24) is 15.2 Å². The maximum absolute atomic E-state index is 12.3. The number of hydrogen-bond donors (Lipinski definition) is 1. The number of nitrogens with one attached hydrogen (secondary N) is 1. The predicted molar refractivity (Wildman–Crippen MR) is 81.2 cm³/mol. The van der Waals surface area contributed by atoms with Crippen LogP contribution in [0.3, 0.4) is 0 Å². The van der Waals surface area contributed by atoms with E-state index in [1.165, 1.54) is 0 Å². The van der Waals surface area contributed by atoms with Gasteiger partial charge in [-0.2, -0.15) is 0 Å². The summed E-state index contributed by atoms with van der Waals surface area (Å²) in [6.07, 6.45) is 5.18. The van der Waals surface area contributed by atoms with Crippen molar-refractivity contribution in [3.05, 3.63) is 30.1 Å². The summed E-state index contributed by atoms with van der Waals surface area (Å²) in [4.78, 5) is 35.7. The lowest BCUT2D eigenvalue weighted by Gasteiger charge is -2.16. The Bertz CT molecular complexity index is 657. The van der Waals surface area contributed by atoms with E-state index in [-0.39, 0.29) is 29.8 Å². The van der Waals surface area contributed by atoms with Crippen LogP contribution in [0.2, 0.25) is 0 Å². The topological polar surface area (TPSA) is 83.9 Å². The van der Waals surface area contributed by atoms with Gasteiger partial charge in [-0.3, -0.25) is 14.6 Å². The molecule has 120 valence electrons. The fourth-order valence-corrected chi connectivity index (χ4v) is 3.09. The number of carbonyl (C=O) groups is 2. The minimum atomic E-state index is -0.234. The first-order chi connectivity index (χ1) is 11.2. The summed E-state index contributed by atoms with van der Waals surface area (Å²) >= 11 is 0. The number of likely N-dealkylation sites (tertiary alicyclic amines) is 1. The number of aromatic nitrogens is 1. The van der Waals surface area contributed by atoms with Crippen molar-refractivity contribution in [3.63, 3.8) is 0 Å². The molecule has 2 atom stereocenters. The molecule has 2 unspecified atom stereocenters. The van der Waals surface area contributed by atoms with E-state index in [2.05, 4.69) is 15.5 Å². The lowest BCUT2D eigenvalue weighted by atomic mass is 10.0. The summed E-state index contributed by atoms with van der Waals surface area (Å²) in [6.45, 7) is 1.45. The number of amides is 2. The van der Waals surface area contributed by atoms with Gasteiger partial charge in [0.1, 0.15) is 0 Å². The molecular formula is C16H18N4O3. The smallest absolute Gasteiger partial charge is 0.269 e. The third-order valence-corrected chi connectivity index (χ3v) is 4.55. The lowest BCUT2D eigenvalue weighted by molar-refractivity contribution is -0.132. The van der Waals surface area contributed by atoms with Crippen LogP contribution >= 0.6 is 0 Å². The maximum atomic E-state index is 12.3. The Kier molecular flexibility index (Phi) is 3.48. The molecule has 4 rings (SSSR count). The van der Waals surface area contributed by atoms with E-state index >= 15 is 0 Å². The molecule has 23 heavy (non-hydrogen) atoms. The molecule has 1 aromatic heterocycles. The van der Waals surface area contributed by atoms with Crippen molar-refractivity contribution >= 4 is 17.5 Å². The highest BCUT2D eigenvalue weighted by Crippen LogP contribution is 2.35. The fraction of sp³-hybridized carbons (Fsp3) is 0.500. The number of nitrogens with zero attached hydrogens (tertiary/aromatic N) is 3. The standard InChI is InChI=1S/C16H18N4O3/c21-15(18-7-10-2-1-5-17-6-10)14-12-8-20(9-13(12)23-19-14)16(22)11-3-4-11/h1-2,5-6,11-13H,3-4,7-9H2,(H,18,21). The first kappa shape index (κ1) is 14.2. The van der Waals surface area contributed by atoms with Crippen molar-refractivity contribution in [1.29, 1.82) is 0 Å². The van der Waals surface area contributed by atoms with Crippen LogP contribution in [0.25, 0.3) is 0 Å². The van der Waals surface area contributed by atoms with Crippen LogP contribution in [-0.4, -0.2) is 46.6 Å². The summed E-state index contributed by atoms with van der Waals surface area (Å²) in [5.41, 5.74) is 1.32. The quantitative estimate of drug-likeness (QED) is 0.867. The first-order valence-electron chi connectivity index (χ1n) is 7.92. The van der Waals surface area contributed by atoms with Gasteiger partial charge in [0.25, 0.3) is 5.91 Å². The number of rotatable bonds is 4. The molecule has 1 saturated carbocycles. The molecule has 0 spiro atoms. The molecule has 1 N–H and O–H groups in total. The Balaban J connectivity index is 1.36. The van der Waals surface area contributed by atoms with Gasteiger partial charge >= 0.3 is 0 Å². The molecule has 7 heteroatoms. The molecular weight excluding hydrogens is 296 g/mol. The van der Waals surface area contributed by atoms with Crippen LogP contribution in [0.4, 0.5) is 0 Å². The highest BCUT2D eigenvalue weighted by molar-refractivity contribution is 6.40. The molecule has 0 radical (unpaired) electrons. The Labute approximate surface area is 133 Å². The highest BCUT2D eigenvalue weighted by Gasteiger charge is 2.48. The van der Waals surface area contributed by atoms with E-state index in [4.69, 9.17) is 4.84 Å². The van der Waals surface area contributed by atoms with Crippen LogP contribution in [0.15, 0.2) is 29.7 Å². The van der Waals surface area contributed by atoms with E-state index in [0.29, 0.717) is 25.3 Å². The fourth-order valence-electron chi connectivity index (χ4n) is 3.09. The first-order valence-corrected chi connectivity index (χ1v) is 7.92. The van der Waals surface area contributed by atoms with E-state index in [1.807, 2.05) is 17.0 Å². The molecule has 7 nitrogen and oxygen atoms in total. The molecule has 3 aliphatic rings. The Morgan fingerprint density at radius 2 is 2.22 bits per heavy atom. The average molecular weight is 314 g/mol. The molecule has 0 aromatic carbocycles. The molecule has 1 aliphatic carbocycles. The van der Waals surface area contributed by atoms with Gasteiger partial charge in [-0.1, -0.05) is 11.2 Å². The SMILES string of the molecule is O=C(NCc1cccnc1)C1=NOC2CN(C(=O)C3CC3)CC12. The molecule has 1 saturated heterocycles. The summed E-state index contributed by atoms with van der Waals surface area (Å²) in [7, 11) is 0. The minimum Gasteiger partial charge on any atom is -0.389 e. The van der Waals surface area contributed by atoms with Crippen LogP contribution in [0.1, 0.15) is 18.4 Å². The monoisotopic (exact) mass is 314 g/mol. The molecule has 2 aliphatic heterocycles. The lowest BCUT2D eigenvalue weighted by Crippen LogP contribution is -2.37. The number of carbonyl (C=O) groups excluding carboxylic acids is 2. The van der Waals surface area contributed by atoms with Gasteiger partial charge in [-0.15, -0.1) is 0 Å². The number of hydrogen-bond acceptors (Lipinski definition) is 5. The third-order valence-electron chi connectivity index (χ3n) is 4.55. The van der Waals surface area contributed by atoms with Crippen LogP contribution in [0, 0.1) is 11.8 Å². The van der Waals surface area contributed by atoms with Crippen LogP contribution in [0.5, 0.6) is 0 Å². The Morgan fingerprint density at radius 3 is 2.96 bits per heavy atom. The summed E-state index contributed by atoms with van der Waals surface area (Å²) < 4.78 is 0. The van der Waals surface area contributed by atoms with E-state index in [1.54, 1.807) is 12.4 Å². The molecule has 0 bridgehead atoms. The zero-order chi connectivity index (χ0) is 15.8. The van der Waals surface area contributed by atoms with Crippen molar-refractivity contribution < 1.29 is 14.4 Å². The zero-order valence-corrected chi connectivity index (χ0v) is 12.6. The second kappa shape index (κ2) is 5.64. The van der Waals surface area contributed by atoms with Gasteiger partial charge in [0.05, 0.1) is 12.5 Å².